The van der Waals surface area contributed by atoms with Gasteiger partial charge in [0.1, 0.15) is 12.6 Å². The Hall–Kier alpha value is -2.04. The molecule has 0 saturated carbocycles. The van der Waals surface area contributed by atoms with Crippen molar-refractivity contribution in [3.8, 4) is 0 Å². The summed E-state index contributed by atoms with van der Waals surface area (Å²) in [4.78, 5) is 25.9. The van der Waals surface area contributed by atoms with Crippen molar-refractivity contribution < 1.29 is 9.59 Å². The maximum absolute atomic E-state index is 12.4. The summed E-state index contributed by atoms with van der Waals surface area (Å²) in [5, 5.41) is 6.03. The molecule has 108 valence electrons. The molecule has 2 rings (SSSR count). The topological polar surface area (TPSA) is 61.4 Å². The first-order valence-electron chi connectivity index (χ1n) is 7.11. The number of hydrogen-bond donors (Lipinski definition) is 2. The second-order valence-electron chi connectivity index (χ2n) is 4.90. The first-order valence-corrected chi connectivity index (χ1v) is 7.11. The Kier molecular flexibility index (Phi) is 4.61. The second kappa shape index (κ2) is 6.41. The van der Waals surface area contributed by atoms with Crippen LogP contribution in [0.1, 0.15) is 26.7 Å². The van der Waals surface area contributed by atoms with Gasteiger partial charge in [-0.2, -0.15) is 0 Å². The highest BCUT2D eigenvalue weighted by Gasteiger charge is 2.32. The number of anilines is 2. The Balaban J connectivity index is 2.20. The number of para-hydroxylation sites is 2. The van der Waals surface area contributed by atoms with Gasteiger partial charge in [-0.25, -0.2) is 0 Å². The lowest BCUT2D eigenvalue weighted by atomic mass is 10.1. The Labute approximate surface area is 119 Å². The molecule has 1 aliphatic rings. The molecule has 0 radical (unpaired) electrons. The van der Waals surface area contributed by atoms with Crippen LogP contribution >= 0.6 is 0 Å². The molecule has 5 heteroatoms. The molecular weight excluding hydrogens is 254 g/mol. The average molecular weight is 275 g/mol. The molecule has 0 aromatic heterocycles. The van der Waals surface area contributed by atoms with E-state index >= 15 is 0 Å². The van der Waals surface area contributed by atoms with Crippen LogP contribution in [0.15, 0.2) is 24.3 Å². The molecule has 5 nitrogen and oxygen atoms in total. The van der Waals surface area contributed by atoms with Crippen LogP contribution in [0.25, 0.3) is 0 Å². The van der Waals surface area contributed by atoms with Crippen molar-refractivity contribution in [2.45, 2.75) is 32.7 Å². The van der Waals surface area contributed by atoms with Crippen LogP contribution in [0.5, 0.6) is 0 Å². The number of rotatable bonds is 5. The highest BCUT2D eigenvalue weighted by molar-refractivity contribution is 6.07. The molecule has 1 heterocycles. The van der Waals surface area contributed by atoms with E-state index in [1.54, 1.807) is 4.90 Å². The van der Waals surface area contributed by atoms with Crippen molar-refractivity contribution in [3.05, 3.63) is 24.3 Å². The first-order chi connectivity index (χ1) is 9.67. The van der Waals surface area contributed by atoms with E-state index in [0.29, 0.717) is 13.0 Å². The van der Waals surface area contributed by atoms with Gasteiger partial charge in [0.25, 0.3) is 0 Å². The predicted molar refractivity (Wildman–Crippen MR) is 79.8 cm³/mol. The van der Waals surface area contributed by atoms with Gasteiger partial charge < -0.3 is 10.6 Å². The molecule has 1 aromatic rings. The molecule has 0 saturated heterocycles. The molecule has 20 heavy (non-hydrogen) atoms. The van der Waals surface area contributed by atoms with Crippen LogP contribution < -0.4 is 15.5 Å². The fourth-order valence-electron chi connectivity index (χ4n) is 2.29. The van der Waals surface area contributed by atoms with Crippen LogP contribution in [-0.4, -0.2) is 30.9 Å². The summed E-state index contributed by atoms with van der Waals surface area (Å²) in [6.45, 7) is 4.67. The molecule has 1 aliphatic heterocycles. The van der Waals surface area contributed by atoms with Crippen molar-refractivity contribution in [3.63, 3.8) is 0 Å². The summed E-state index contributed by atoms with van der Waals surface area (Å²) >= 11 is 0. The molecular formula is C15H21N3O2. The monoisotopic (exact) mass is 275 g/mol. The van der Waals surface area contributed by atoms with Gasteiger partial charge in [-0.05, 0) is 25.0 Å². The standard InChI is InChI=1S/C15H21N3O2/c1-3-9-16-14(19)10-18-13-8-6-5-7-12(13)17-11(4-2)15(18)20/h5-8,11,17H,3-4,9-10H2,1-2H3,(H,16,19). The molecule has 0 fully saturated rings. The minimum atomic E-state index is -0.260. The van der Waals surface area contributed by atoms with Gasteiger partial charge in [0.05, 0.1) is 11.4 Å². The van der Waals surface area contributed by atoms with Gasteiger partial charge in [0.15, 0.2) is 0 Å². The van der Waals surface area contributed by atoms with E-state index in [0.717, 1.165) is 17.8 Å². The van der Waals surface area contributed by atoms with E-state index in [4.69, 9.17) is 0 Å². The fraction of sp³-hybridized carbons (Fsp3) is 0.467. The summed E-state index contributed by atoms with van der Waals surface area (Å²) in [6, 6.07) is 7.32. The number of nitrogens with zero attached hydrogens (tertiary/aromatic N) is 1. The fourth-order valence-corrected chi connectivity index (χ4v) is 2.29. The Bertz CT molecular complexity index is 502. The van der Waals surface area contributed by atoms with E-state index in [-0.39, 0.29) is 24.4 Å². The Morgan fingerprint density at radius 3 is 2.80 bits per heavy atom. The minimum absolute atomic E-state index is 0.0437. The number of carbonyl (C=O) groups excluding carboxylic acids is 2. The zero-order chi connectivity index (χ0) is 14.5. The molecule has 1 unspecified atom stereocenters. The molecule has 0 aliphatic carbocycles. The smallest absolute Gasteiger partial charge is 0.250 e. The van der Waals surface area contributed by atoms with Crippen molar-refractivity contribution >= 4 is 23.2 Å². The summed E-state index contributed by atoms with van der Waals surface area (Å²) in [5.41, 5.74) is 1.68. The summed E-state index contributed by atoms with van der Waals surface area (Å²) < 4.78 is 0. The van der Waals surface area contributed by atoms with Gasteiger partial charge in [-0.15, -0.1) is 0 Å². The normalized spacial score (nSPS) is 17.4. The Morgan fingerprint density at radius 1 is 1.35 bits per heavy atom. The number of amides is 2. The number of carbonyl (C=O) groups is 2. The highest BCUT2D eigenvalue weighted by atomic mass is 16.2. The zero-order valence-electron chi connectivity index (χ0n) is 12.0. The van der Waals surface area contributed by atoms with E-state index < -0.39 is 0 Å². The lowest BCUT2D eigenvalue weighted by Gasteiger charge is -2.34. The summed E-state index contributed by atoms with van der Waals surface area (Å²) in [5.74, 6) is -0.162. The van der Waals surface area contributed by atoms with Gasteiger partial charge in [-0.1, -0.05) is 26.0 Å². The van der Waals surface area contributed by atoms with Crippen molar-refractivity contribution in [1.82, 2.24) is 5.32 Å². The van der Waals surface area contributed by atoms with E-state index in [9.17, 15) is 9.59 Å². The minimum Gasteiger partial charge on any atom is -0.372 e. The molecule has 2 amide bonds. The average Bonchev–Trinajstić information content (AvgIpc) is 2.47. The number of hydrogen-bond acceptors (Lipinski definition) is 3. The number of fused-ring (bicyclic) bond motifs is 1. The van der Waals surface area contributed by atoms with Crippen molar-refractivity contribution in [1.29, 1.82) is 0 Å². The zero-order valence-corrected chi connectivity index (χ0v) is 12.0. The largest absolute Gasteiger partial charge is 0.372 e. The third kappa shape index (κ3) is 2.92. The molecule has 1 aromatic carbocycles. The van der Waals surface area contributed by atoms with Crippen molar-refractivity contribution in [2.24, 2.45) is 0 Å². The molecule has 2 N–H and O–H groups in total. The number of nitrogens with one attached hydrogen (secondary N) is 2. The second-order valence-corrected chi connectivity index (χ2v) is 4.90. The van der Waals surface area contributed by atoms with Crippen molar-refractivity contribution in [2.75, 3.05) is 23.3 Å². The summed E-state index contributed by atoms with van der Waals surface area (Å²) in [6.07, 6.45) is 1.58. The first kappa shape index (κ1) is 14.4. The quantitative estimate of drug-likeness (QED) is 0.860. The highest BCUT2D eigenvalue weighted by Crippen LogP contribution is 2.31. The lowest BCUT2D eigenvalue weighted by Crippen LogP contribution is -2.50. The van der Waals surface area contributed by atoms with E-state index in [1.807, 2.05) is 38.1 Å². The van der Waals surface area contributed by atoms with Gasteiger partial charge in [0, 0.05) is 6.54 Å². The van der Waals surface area contributed by atoms with E-state index in [2.05, 4.69) is 10.6 Å². The maximum Gasteiger partial charge on any atom is 0.250 e. The van der Waals surface area contributed by atoms with Gasteiger partial charge in [0.2, 0.25) is 11.8 Å². The summed E-state index contributed by atoms with van der Waals surface area (Å²) in [7, 11) is 0. The van der Waals surface area contributed by atoms with E-state index in [1.165, 1.54) is 0 Å². The van der Waals surface area contributed by atoms with Crippen LogP contribution in [-0.2, 0) is 9.59 Å². The van der Waals surface area contributed by atoms with Crippen LogP contribution in [0.2, 0.25) is 0 Å². The molecule has 0 bridgehead atoms. The SMILES string of the molecule is CCCNC(=O)CN1C(=O)C(CC)Nc2ccccc21. The molecule has 1 atom stereocenters. The predicted octanol–water partition coefficient (Wildman–Crippen LogP) is 1.75. The van der Waals surface area contributed by atoms with Gasteiger partial charge >= 0.3 is 0 Å². The number of benzene rings is 1. The van der Waals surface area contributed by atoms with Gasteiger partial charge in [-0.3, -0.25) is 14.5 Å². The lowest BCUT2D eigenvalue weighted by molar-refractivity contribution is -0.124. The third-order valence-corrected chi connectivity index (χ3v) is 3.37. The maximum atomic E-state index is 12.4. The molecule has 0 spiro atoms. The van der Waals surface area contributed by atoms with Crippen LogP contribution in [0.3, 0.4) is 0 Å². The van der Waals surface area contributed by atoms with Crippen LogP contribution in [0.4, 0.5) is 11.4 Å². The third-order valence-electron chi connectivity index (χ3n) is 3.37. The van der Waals surface area contributed by atoms with Crippen LogP contribution in [0, 0.1) is 0 Å². The Morgan fingerprint density at radius 2 is 2.10 bits per heavy atom.